The van der Waals surface area contributed by atoms with Gasteiger partial charge in [-0.15, -0.1) is 5.10 Å². The van der Waals surface area contributed by atoms with Crippen LogP contribution in [0.25, 0.3) is 11.3 Å². The largest absolute Gasteiger partial charge is 0.481 e. The first-order valence-electron chi connectivity index (χ1n) is 7.92. The van der Waals surface area contributed by atoms with E-state index in [2.05, 4.69) is 25.5 Å². The normalized spacial score (nSPS) is 15.7. The molecule has 4 rings (SSSR count). The maximum absolute atomic E-state index is 5.98. The van der Waals surface area contributed by atoms with Crippen LogP contribution in [-0.4, -0.2) is 28.0 Å². The topological polar surface area (TPSA) is 108 Å². The fourth-order valence-corrected chi connectivity index (χ4v) is 2.51. The number of nitrogens with zero attached hydrogens (tertiary/aromatic N) is 4. The molecular formula is C18H16N6O2. The lowest BCUT2D eigenvalue weighted by Crippen LogP contribution is -2.14. The molecule has 0 amide bonds. The average Bonchev–Trinajstić information content (AvgIpc) is 3.19. The van der Waals surface area contributed by atoms with Gasteiger partial charge < -0.3 is 15.2 Å². The van der Waals surface area contributed by atoms with Crippen LogP contribution in [0.2, 0.25) is 0 Å². The fourth-order valence-electron chi connectivity index (χ4n) is 2.51. The summed E-state index contributed by atoms with van der Waals surface area (Å²) in [4.78, 5) is 12.9. The van der Waals surface area contributed by atoms with Gasteiger partial charge in [0.2, 0.25) is 12.1 Å². The first-order valence-corrected chi connectivity index (χ1v) is 7.92. The van der Waals surface area contributed by atoms with E-state index >= 15 is 0 Å². The quantitative estimate of drug-likeness (QED) is 0.743. The second-order valence-electron chi connectivity index (χ2n) is 5.53. The molecule has 0 saturated heterocycles. The number of hydrogen-bond acceptors (Lipinski definition) is 8. The Hall–Kier alpha value is -3.68. The Morgan fingerprint density at radius 2 is 1.92 bits per heavy atom. The number of pyridine rings is 1. The van der Waals surface area contributed by atoms with Crippen LogP contribution in [0.1, 0.15) is 17.5 Å². The number of nitrogens with two attached hydrogens (primary N) is 1. The molecule has 130 valence electrons. The van der Waals surface area contributed by atoms with Gasteiger partial charge in [0.25, 0.3) is 5.90 Å². The highest BCUT2D eigenvalue weighted by atomic mass is 16.5. The number of benzene rings is 1. The van der Waals surface area contributed by atoms with Crippen LogP contribution in [0, 0.1) is 0 Å². The van der Waals surface area contributed by atoms with Crippen LogP contribution in [0.4, 0.5) is 5.82 Å². The van der Waals surface area contributed by atoms with Crippen molar-refractivity contribution in [3.05, 3.63) is 66.1 Å². The van der Waals surface area contributed by atoms with Crippen molar-refractivity contribution in [1.29, 1.82) is 0 Å². The van der Waals surface area contributed by atoms with Gasteiger partial charge in [-0.1, -0.05) is 30.3 Å². The lowest BCUT2D eigenvalue weighted by atomic mass is 10.2. The molecule has 3 aromatic rings. The minimum Gasteiger partial charge on any atom is -0.481 e. The van der Waals surface area contributed by atoms with Gasteiger partial charge in [-0.2, -0.15) is 0 Å². The number of rotatable bonds is 4. The molecule has 0 aliphatic carbocycles. The van der Waals surface area contributed by atoms with E-state index in [1.807, 2.05) is 36.4 Å². The van der Waals surface area contributed by atoms with Crippen molar-refractivity contribution in [3.63, 3.8) is 0 Å². The van der Waals surface area contributed by atoms with E-state index in [0.717, 1.165) is 11.1 Å². The Kier molecular flexibility index (Phi) is 4.06. The number of hydrogen-bond donors (Lipinski definition) is 2. The summed E-state index contributed by atoms with van der Waals surface area (Å²) in [5, 5.41) is 4.21. The Balaban J connectivity index is 1.61. The van der Waals surface area contributed by atoms with E-state index in [9.17, 15) is 0 Å². The minimum atomic E-state index is -0.390. The molecule has 2 aromatic heterocycles. The van der Waals surface area contributed by atoms with Gasteiger partial charge in [-0.05, 0) is 6.07 Å². The first kappa shape index (κ1) is 15.8. The van der Waals surface area contributed by atoms with Gasteiger partial charge in [-0.3, -0.25) is 5.43 Å². The van der Waals surface area contributed by atoms with Crippen molar-refractivity contribution < 1.29 is 9.47 Å². The monoisotopic (exact) mass is 348 g/mol. The number of hydrazone groups is 1. The van der Waals surface area contributed by atoms with Crippen molar-refractivity contribution in [2.75, 3.05) is 12.8 Å². The molecule has 0 fully saturated rings. The summed E-state index contributed by atoms with van der Waals surface area (Å²) in [5.74, 6) is 1.06. The highest BCUT2D eigenvalue weighted by Gasteiger charge is 2.25. The van der Waals surface area contributed by atoms with Gasteiger partial charge in [0.1, 0.15) is 0 Å². The van der Waals surface area contributed by atoms with Gasteiger partial charge in [0.15, 0.2) is 11.5 Å². The highest BCUT2D eigenvalue weighted by molar-refractivity contribution is 5.97. The number of nitrogens with one attached hydrogen (secondary N) is 1. The molecule has 0 spiro atoms. The predicted octanol–water partition coefficient (Wildman–Crippen LogP) is 2.11. The van der Waals surface area contributed by atoms with Crippen LogP contribution < -0.4 is 15.9 Å². The van der Waals surface area contributed by atoms with Crippen LogP contribution in [-0.2, 0) is 4.74 Å². The molecule has 0 saturated carbocycles. The molecule has 8 nitrogen and oxygen atoms in total. The van der Waals surface area contributed by atoms with E-state index < -0.39 is 6.23 Å². The Bertz CT molecular complexity index is 944. The van der Waals surface area contributed by atoms with Crippen LogP contribution >= 0.6 is 0 Å². The lowest BCUT2D eigenvalue weighted by molar-refractivity contribution is 0.191. The average molecular weight is 348 g/mol. The zero-order valence-corrected chi connectivity index (χ0v) is 14.0. The molecule has 0 bridgehead atoms. The van der Waals surface area contributed by atoms with Crippen molar-refractivity contribution in [2.24, 2.45) is 5.10 Å². The summed E-state index contributed by atoms with van der Waals surface area (Å²) < 4.78 is 10.9. The molecule has 0 radical (unpaired) electrons. The van der Waals surface area contributed by atoms with Crippen LogP contribution in [0.5, 0.6) is 5.88 Å². The second kappa shape index (κ2) is 6.67. The third-order valence-corrected chi connectivity index (χ3v) is 3.86. The zero-order valence-electron chi connectivity index (χ0n) is 14.0. The molecule has 3 heterocycles. The molecule has 3 N–H and O–H groups in total. The van der Waals surface area contributed by atoms with Gasteiger partial charge in [0.05, 0.1) is 19.0 Å². The molecule has 1 aliphatic rings. The molecule has 1 aromatic carbocycles. The minimum absolute atomic E-state index is 0.240. The SMILES string of the molecule is COc1ccc(-c2cnc(N)c(C3=NNC(c4ccccc4)O3)n2)cn1. The summed E-state index contributed by atoms with van der Waals surface area (Å²) >= 11 is 0. The molecule has 1 atom stereocenters. The van der Waals surface area contributed by atoms with Crippen molar-refractivity contribution in [3.8, 4) is 17.1 Å². The molecular weight excluding hydrogens is 332 g/mol. The van der Waals surface area contributed by atoms with Crippen molar-refractivity contribution >= 4 is 11.7 Å². The Labute approximate surface area is 149 Å². The molecule has 1 unspecified atom stereocenters. The zero-order chi connectivity index (χ0) is 17.9. The van der Waals surface area contributed by atoms with E-state index in [1.54, 1.807) is 25.6 Å². The predicted molar refractivity (Wildman–Crippen MR) is 96.2 cm³/mol. The van der Waals surface area contributed by atoms with Crippen LogP contribution in [0.15, 0.2) is 60.0 Å². The van der Waals surface area contributed by atoms with E-state index in [0.29, 0.717) is 23.2 Å². The molecule has 26 heavy (non-hydrogen) atoms. The number of nitrogen functional groups attached to an aromatic ring is 1. The van der Waals surface area contributed by atoms with E-state index in [-0.39, 0.29) is 5.82 Å². The smallest absolute Gasteiger partial charge is 0.263 e. The highest BCUT2D eigenvalue weighted by Crippen LogP contribution is 2.24. The number of ether oxygens (including phenoxy) is 2. The van der Waals surface area contributed by atoms with E-state index in [1.165, 1.54) is 0 Å². The summed E-state index contributed by atoms with van der Waals surface area (Å²) in [5.41, 5.74) is 11.6. The van der Waals surface area contributed by atoms with E-state index in [4.69, 9.17) is 15.2 Å². The maximum Gasteiger partial charge on any atom is 0.263 e. The fraction of sp³-hybridized carbons (Fsp3) is 0.111. The summed E-state index contributed by atoms with van der Waals surface area (Å²) in [6, 6.07) is 13.3. The standard InChI is InChI=1S/C18H16N6O2/c1-25-14-8-7-12(9-20-14)13-10-21-16(19)15(22-13)18-24-23-17(26-18)11-5-3-2-4-6-11/h2-10,17,23H,1H3,(H2,19,21). The number of methoxy groups -OCH3 is 1. The first-order chi connectivity index (χ1) is 12.7. The third kappa shape index (κ3) is 3.00. The van der Waals surface area contributed by atoms with Gasteiger partial charge in [-0.25, -0.2) is 15.0 Å². The third-order valence-electron chi connectivity index (χ3n) is 3.86. The second-order valence-corrected chi connectivity index (χ2v) is 5.53. The van der Waals surface area contributed by atoms with Crippen molar-refractivity contribution in [1.82, 2.24) is 20.4 Å². The molecule has 1 aliphatic heterocycles. The van der Waals surface area contributed by atoms with Crippen LogP contribution in [0.3, 0.4) is 0 Å². The van der Waals surface area contributed by atoms with Gasteiger partial charge >= 0.3 is 0 Å². The van der Waals surface area contributed by atoms with Crippen molar-refractivity contribution in [2.45, 2.75) is 6.23 Å². The maximum atomic E-state index is 5.98. The Morgan fingerprint density at radius 3 is 2.65 bits per heavy atom. The summed E-state index contributed by atoms with van der Waals surface area (Å²) in [6.07, 6.45) is 2.85. The van der Waals surface area contributed by atoms with Gasteiger partial charge in [0, 0.05) is 23.4 Å². The number of aromatic nitrogens is 3. The Morgan fingerprint density at radius 1 is 1.08 bits per heavy atom. The summed E-state index contributed by atoms with van der Waals surface area (Å²) in [7, 11) is 1.56. The molecule has 8 heteroatoms. The lowest BCUT2D eigenvalue weighted by Gasteiger charge is -2.12. The number of anilines is 1. The summed E-state index contributed by atoms with van der Waals surface area (Å²) in [6.45, 7) is 0.